The first-order valence-electron chi connectivity index (χ1n) is 10.7. The van der Waals surface area contributed by atoms with E-state index >= 15 is 0 Å². The molecule has 2 heterocycles. The van der Waals surface area contributed by atoms with Gasteiger partial charge < -0.3 is 14.8 Å². The van der Waals surface area contributed by atoms with Crippen molar-refractivity contribution in [2.45, 2.75) is 39.3 Å². The second kappa shape index (κ2) is 10.0. The lowest BCUT2D eigenvalue weighted by atomic mass is 9.96. The van der Waals surface area contributed by atoms with Crippen molar-refractivity contribution in [3.8, 4) is 5.75 Å². The smallest absolute Gasteiger partial charge is 0.338 e. The average Bonchev–Trinajstić information content (AvgIpc) is 3.26. The van der Waals surface area contributed by atoms with Gasteiger partial charge in [-0.2, -0.15) is 10.1 Å². The Kier molecular flexibility index (Phi) is 6.93. The van der Waals surface area contributed by atoms with Gasteiger partial charge in [0.1, 0.15) is 30.5 Å². The van der Waals surface area contributed by atoms with E-state index in [1.54, 1.807) is 28.9 Å². The maximum Gasteiger partial charge on any atom is 0.338 e. The number of ether oxygens (including phenoxy) is 2. The molecule has 0 spiro atoms. The van der Waals surface area contributed by atoms with Crippen LogP contribution in [0.25, 0.3) is 0 Å². The number of fused-ring (bicyclic) bond motifs is 1. The number of carbonyl (C=O) groups is 1. The molecule has 1 aromatic heterocycles. The highest BCUT2D eigenvalue weighted by Crippen LogP contribution is 2.36. The Balaban J connectivity index is 1.57. The topological polar surface area (TPSA) is 78.3 Å². The first kappa shape index (κ1) is 22.8. The molecule has 172 valence electrons. The predicted molar refractivity (Wildman–Crippen MR) is 123 cm³/mol. The van der Waals surface area contributed by atoms with Crippen molar-refractivity contribution >= 4 is 23.5 Å². The van der Waals surface area contributed by atoms with Crippen LogP contribution in [0.5, 0.6) is 5.75 Å². The van der Waals surface area contributed by atoms with E-state index in [9.17, 15) is 9.18 Å². The number of benzene rings is 2. The second-order valence-electron chi connectivity index (χ2n) is 7.64. The summed E-state index contributed by atoms with van der Waals surface area (Å²) in [5.74, 6) is 0.268. The molecule has 0 radical (unpaired) electrons. The Bertz CT molecular complexity index is 1160. The molecule has 0 aliphatic carbocycles. The number of unbranched alkanes of at least 4 members (excludes halogenated alkanes) is 1. The first-order chi connectivity index (χ1) is 16.0. The molecule has 33 heavy (non-hydrogen) atoms. The highest BCUT2D eigenvalue weighted by Gasteiger charge is 2.34. The van der Waals surface area contributed by atoms with E-state index in [4.69, 9.17) is 21.1 Å². The molecule has 0 bridgehead atoms. The van der Waals surface area contributed by atoms with Gasteiger partial charge in [0.05, 0.1) is 17.2 Å². The Morgan fingerprint density at radius 3 is 2.76 bits per heavy atom. The largest absolute Gasteiger partial charge is 0.489 e. The third-order valence-electron chi connectivity index (χ3n) is 5.39. The van der Waals surface area contributed by atoms with Gasteiger partial charge in [-0.1, -0.05) is 43.1 Å². The number of nitrogens with one attached hydrogen (secondary N) is 1. The fourth-order valence-corrected chi connectivity index (χ4v) is 3.84. The number of nitrogens with zero attached hydrogens (tertiary/aromatic N) is 3. The highest BCUT2D eigenvalue weighted by atomic mass is 35.5. The maximum absolute atomic E-state index is 14.0. The summed E-state index contributed by atoms with van der Waals surface area (Å²) in [5, 5.41) is 7.74. The van der Waals surface area contributed by atoms with Crippen LogP contribution in [0.3, 0.4) is 0 Å². The molecule has 0 amide bonds. The SMILES string of the molecule is CCCCOC(=O)C1=C(C)Nc2ncnn2C1c1ccc(OCc2c(F)cccc2Cl)cc1. The molecule has 0 fully saturated rings. The van der Waals surface area contributed by atoms with Gasteiger partial charge in [-0.25, -0.2) is 13.9 Å². The summed E-state index contributed by atoms with van der Waals surface area (Å²) in [6.07, 6.45) is 3.16. The number of halogens is 2. The minimum atomic E-state index is -0.507. The number of allylic oxidation sites excluding steroid dienone is 1. The summed E-state index contributed by atoms with van der Waals surface area (Å²) in [4.78, 5) is 17.2. The standard InChI is InChI=1S/C24H24ClFN4O3/c1-3-4-12-32-23(31)21-15(2)29-24-27-14-28-30(24)22(21)16-8-10-17(11-9-16)33-13-18-19(25)6-5-7-20(18)26/h5-11,14,22H,3-4,12-13H2,1-2H3,(H,27,28,29). The predicted octanol–water partition coefficient (Wildman–Crippen LogP) is 5.28. The molecule has 1 aliphatic heterocycles. The zero-order valence-electron chi connectivity index (χ0n) is 18.3. The van der Waals surface area contributed by atoms with Gasteiger partial charge in [-0.05, 0) is 43.2 Å². The lowest BCUT2D eigenvalue weighted by Crippen LogP contribution is -2.29. The summed E-state index contributed by atoms with van der Waals surface area (Å²) in [7, 11) is 0. The number of aromatic nitrogens is 3. The fourth-order valence-electron chi connectivity index (χ4n) is 3.62. The van der Waals surface area contributed by atoms with E-state index in [1.807, 2.05) is 26.0 Å². The van der Waals surface area contributed by atoms with Crippen molar-refractivity contribution in [3.63, 3.8) is 0 Å². The quantitative estimate of drug-likeness (QED) is 0.356. The van der Waals surface area contributed by atoms with Crippen molar-refractivity contribution in [3.05, 3.63) is 82.0 Å². The van der Waals surface area contributed by atoms with Crippen LogP contribution in [-0.2, 0) is 16.1 Å². The molecule has 9 heteroatoms. The molecule has 7 nitrogen and oxygen atoms in total. The summed E-state index contributed by atoms with van der Waals surface area (Å²) in [5.41, 5.74) is 2.23. The van der Waals surface area contributed by atoms with E-state index in [0.717, 1.165) is 18.4 Å². The minimum absolute atomic E-state index is 0.000554. The van der Waals surface area contributed by atoms with Crippen LogP contribution in [-0.4, -0.2) is 27.3 Å². The zero-order valence-corrected chi connectivity index (χ0v) is 19.1. The second-order valence-corrected chi connectivity index (χ2v) is 8.05. The first-order valence-corrected chi connectivity index (χ1v) is 11.1. The molecule has 1 unspecified atom stereocenters. The van der Waals surface area contributed by atoms with Gasteiger partial charge in [-0.15, -0.1) is 0 Å². The lowest BCUT2D eigenvalue weighted by Gasteiger charge is -2.28. The van der Waals surface area contributed by atoms with Gasteiger partial charge in [0.25, 0.3) is 0 Å². The number of rotatable bonds is 8. The maximum atomic E-state index is 14.0. The monoisotopic (exact) mass is 470 g/mol. The van der Waals surface area contributed by atoms with Gasteiger partial charge in [-0.3, -0.25) is 0 Å². The number of carbonyl (C=O) groups excluding carboxylic acids is 1. The van der Waals surface area contributed by atoms with Crippen molar-refractivity contribution in [2.75, 3.05) is 11.9 Å². The van der Waals surface area contributed by atoms with Gasteiger partial charge in [0.15, 0.2) is 0 Å². The zero-order chi connectivity index (χ0) is 23.4. The van der Waals surface area contributed by atoms with Gasteiger partial charge in [0, 0.05) is 11.3 Å². The average molecular weight is 471 g/mol. The van der Waals surface area contributed by atoms with E-state index in [1.165, 1.54) is 12.4 Å². The number of hydrogen-bond donors (Lipinski definition) is 1. The highest BCUT2D eigenvalue weighted by molar-refractivity contribution is 6.31. The molecule has 2 aromatic carbocycles. The van der Waals surface area contributed by atoms with Crippen LogP contribution < -0.4 is 10.1 Å². The third kappa shape index (κ3) is 4.85. The molecular formula is C24H24ClFN4O3. The third-order valence-corrected chi connectivity index (χ3v) is 5.74. The molecule has 1 N–H and O–H groups in total. The van der Waals surface area contributed by atoms with E-state index < -0.39 is 17.8 Å². The van der Waals surface area contributed by atoms with E-state index in [-0.39, 0.29) is 6.61 Å². The Labute approximate surface area is 196 Å². The van der Waals surface area contributed by atoms with Crippen molar-refractivity contribution in [1.29, 1.82) is 0 Å². The van der Waals surface area contributed by atoms with Crippen LogP contribution >= 0.6 is 11.6 Å². The summed E-state index contributed by atoms with van der Waals surface area (Å²) in [6, 6.07) is 11.2. The van der Waals surface area contributed by atoms with Crippen LogP contribution in [0.4, 0.5) is 10.3 Å². The van der Waals surface area contributed by atoms with Crippen LogP contribution in [0, 0.1) is 5.82 Å². The van der Waals surface area contributed by atoms with E-state index in [2.05, 4.69) is 15.4 Å². The Morgan fingerprint density at radius 2 is 2.03 bits per heavy atom. The lowest BCUT2D eigenvalue weighted by molar-refractivity contribution is -0.139. The number of anilines is 1. The molecule has 0 saturated carbocycles. The number of esters is 1. The minimum Gasteiger partial charge on any atom is -0.489 e. The number of hydrogen-bond acceptors (Lipinski definition) is 6. The normalized spacial score (nSPS) is 15.1. The summed E-state index contributed by atoms with van der Waals surface area (Å²) < 4.78 is 26.9. The van der Waals surface area contributed by atoms with Crippen LogP contribution in [0.2, 0.25) is 5.02 Å². The van der Waals surface area contributed by atoms with Gasteiger partial charge in [0.2, 0.25) is 5.95 Å². The molecule has 4 rings (SSSR count). The van der Waals surface area contributed by atoms with Crippen LogP contribution in [0.1, 0.15) is 43.9 Å². The van der Waals surface area contributed by atoms with Crippen LogP contribution in [0.15, 0.2) is 60.1 Å². The summed E-state index contributed by atoms with van der Waals surface area (Å²) >= 11 is 6.07. The van der Waals surface area contributed by atoms with Crippen molar-refractivity contribution in [1.82, 2.24) is 14.8 Å². The van der Waals surface area contributed by atoms with Crippen molar-refractivity contribution in [2.24, 2.45) is 0 Å². The molecule has 1 aliphatic rings. The molecular weight excluding hydrogens is 447 g/mol. The van der Waals surface area contributed by atoms with E-state index in [0.29, 0.717) is 40.2 Å². The molecule has 3 aromatic rings. The van der Waals surface area contributed by atoms with Gasteiger partial charge >= 0.3 is 5.97 Å². The molecule has 0 saturated heterocycles. The summed E-state index contributed by atoms with van der Waals surface area (Å²) in [6.45, 7) is 4.21. The Hall–Kier alpha value is -3.39. The fraction of sp³-hybridized carbons (Fsp3) is 0.292. The Morgan fingerprint density at radius 1 is 1.24 bits per heavy atom. The molecule has 1 atom stereocenters. The van der Waals surface area contributed by atoms with Crippen molar-refractivity contribution < 1.29 is 18.7 Å².